The smallest absolute Gasteiger partial charge is 0.352 e. The van der Waals surface area contributed by atoms with E-state index >= 15 is 0 Å². The Morgan fingerprint density at radius 2 is 1.81 bits per heavy atom. The summed E-state index contributed by atoms with van der Waals surface area (Å²) in [6, 6.07) is 11.3. The Hall–Kier alpha value is -3.09. The fourth-order valence-electron chi connectivity index (χ4n) is 2.59. The van der Waals surface area contributed by atoms with E-state index in [0.717, 1.165) is 0 Å². The van der Waals surface area contributed by atoms with Crippen molar-refractivity contribution in [2.75, 3.05) is 5.32 Å². The van der Waals surface area contributed by atoms with Gasteiger partial charge in [0.1, 0.15) is 11.9 Å². The van der Waals surface area contributed by atoms with Gasteiger partial charge < -0.3 is 19.5 Å². The molecule has 1 aliphatic rings. The van der Waals surface area contributed by atoms with Gasteiger partial charge in [0.2, 0.25) is 6.10 Å². The fourth-order valence-corrected chi connectivity index (χ4v) is 2.59. The van der Waals surface area contributed by atoms with Gasteiger partial charge in [0.05, 0.1) is 0 Å². The van der Waals surface area contributed by atoms with E-state index in [4.69, 9.17) is 14.2 Å². The normalized spacial score (nSPS) is 19.1. The molecule has 3 rings (SSSR count). The van der Waals surface area contributed by atoms with Gasteiger partial charge >= 0.3 is 5.97 Å². The maximum absolute atomic E-state index is 13.6. The molecule has 0 saturated heterocycles. The van der Waals surface area contributed by atoms with Crippen LogP contribution in [0.25, 0.3) is 0 Å². The second-order valence-electron chi connectivity index (χ2n) is 6.34. The van der Waals surface area contributed by atoms with Crippen LogP contribution in [0.15, 0.2) is 42.5 Å². The minimum absolute atomic E-state index is 0.283. The van der Waals surface area contributed by atoms with Crippen molar-refractivity contribution in [1.29, 1.82) is 0 Å². The van der Waals surface area contributed by atoms with Gasteiger partial charge in [-0.25, -0.2) is 9.18 Å². The lowest BCUT2D eigenvalue weighted by Crippen LogP contribution is -2.46. The Morgan fingerprint density at radius 3 is 2.48 bits per heavy atom. The van der Waals surface area contributed by atoms with Crippen molar-refractivity contribution in [3.05, 3.63) is 53.8 Å². The van der Waals surface area contributed by atoms with Crippen molar-refractivity contribution < 1.29 is 28.2 Å². The number of rotatable bonds is 4. The second-order valence-corrected chi connectivity index (χ2v) is 6.34. The lowest BCUT2D eigenvalue weighted by Gasteiger charge is -2.30. The maximum Gasteiger partial charge on any atom is 0.352 e. The third-order valence-corrected chi connectivity index (χ3v) is 4.18. The molecule has 0 bridgehead atoms. The molecule has 0 aromatic heterocycles. The molecule has 2 aromatic rings. The first-order valence-corrected chi connectivity index (χ1v) is 8.55. The fraction of sp³-hybridized carbons (Fsp3) is 0.300. The van der Waals surface area contributed by atoms with Crippen LogP contribution in [0.3, 0.4) is 0 Å². The number of hydrogen-bond donors (Lipinski definition) is 1. The summed E-state index contributed by atoms with van der Waals surface area (Å²) in [4.78, 5) is 24.6. The molecule has 2 aromatic carbocycles. The zero-order chi connectivity index (χ0) is 19.6. The van der Waals surface area contributed by atoms with Crippen LogP contribution in [0.4, 0.5) is 10.1 Å². The molecule has 1 N–H and O–H groups in total. The summed E-state index contributed by atoms with van der Waals surface area (Å²) in [6.45, 7) is 4.73. The first kappa shape index (κ1) is 18.7. The van der Waals surface area contributed by atoms with Crippen molar-refractivity contribution in [3.8, 4) is 11.5 Å². The van der Waals surface area contributed by atoms with E-state index in [1.807, 2.05) is 0 Å². The Labute approximate surface area is 156 Å². The van der Waals surface area contributed by atoms with E-state index in [0.29, 0.717) is 17.1 Å². The second kappa shape index (κ2) is 7.65. The molecule has 27 heavy (non-hydrogen) atoms. The largest absolute Gasteiger partial charge is 0.482 e. The van der Waals surface area contributed by atoms with Crippen molar-refractivity contribution in [1.82, 2.24) is 0 Å². The average molecular weight is 373 g/mol. The van der Waals surface area contributed by atoms with Crippen LogP contribution in [-0.2, 0) is 14.3 Å². The Kier molecular flexibility index (Phi) is 5.30. The number of esters is 1. The molecule has 1 aliphatic heterocycles. The van der Waals surface area contributed by atoms with Gasteiger partial charge in [0.25, 0.3) is 5.91 Å². The minimum atomic E-state index is -1.09. The van der Waals surface area contributed by atoms with Crippen molar-refractivity contribution >= 4 is 17.6 Å². The molecule has 6 nitrogen and oxygen atoms in total. The molecule has 7 heteroatoms. The third-order valence-electron chi connectivity index (χ3n) is 4.18. The van der Waals surface area contributed by atoms with Gasteiger partial charge in [-0.05, 0) is 50.6 Å². The number of ether oxygens (including phenoxy) is 3. The SMILES string of the molecule is Cc1ccc(NC(=O)C(C)OC(=O)C2Oc3ccccc3OC2C)cc1F. The summed E-state index contributed by atoms with van der Waals surface area (Å²) in [5, 5.41) is 2.52. The van der Waals surface area contributed by atoms with E-state index in [1.165, 1.54) is 13.0 Å². The standard InChI is InChI=1S/C20H20FNO5/c1-11-8-9-14(10-15(11)21)22-19(23)13(3)26-20(24)18-12(2)25-16-6-4-5-7-17(16)27-18/h4-10,12-13,18H,1-3H3,(H,22,23). The third kappa shape index (κ3) is 4.19. The number of nitrogens with one attached hydrogen (secondary N) is 1. The molecule has 0 spiro atoms. The number of anilines is 1. The van der Waals surface area contributed by atoms with Gasteiger partial charge in [0.15, 0.2) is 17.6 Å². The van der Waals surface area contributed by atoms with Gasteiger partial charge in [0, 0.05) is 5.69 Å². The zero-order valence-electron chi connectivity index (χ0n) is 15.2. The van der Waals surface area contributed by atoms with Crippen molar-refractivity contribution in [2.45, 2.75) is 39.1 Å². The maximum atomic E-state index is 13.6. The molecule has 1 heterocycles. The van der Waals surface area contributed by atoms with E-state index in [2.05, 4.69) is 5.32 Å². The highest BCUT2D eigenvalue weighted by Gasteiger charge is 2.36. The zero-order valence-corrected chi connectivity index (χ0v) is 15.2. The molecule has 0 radical (unpaired) electrons. The number of aryl methyl sites for hydroxylation is 1. The quantitative estimate of drug-likeness (QED) is 0.833. The van der Waals surface area contributed by atoms with E-state index in [1.54, 1.807) is 50.2 Å². The monoisotopic (exact) mass is 373 g/mol. The number of amides is 1. The van der Waals surface area contributed by atoms with Crippen molar-refractivity contribution in [3.63, 3.8) is 0 Å². The number of hydrogen-bond acceptors (Lipinski definition) is 5. The van der Waals surface area contributed by atoms with Gasteiger partial charge in [-0.15, -0.1) is 0 Å². The highest BCUT2D eigenvalue weighted by Crippen LogP contribution is 2.33. The number of carbonyl (C=O) groups excluding carboxylic acids is 2. The summed E-state index contributed by atoms with van der Waals surface area (Å²) < 4.78 is 30.1. The summed E-state index contributed by atoms with van der Waals surface area (Å²) in [7, 11) is 0. The van der Waals surface area contributed by atoms with Gasteiger partial charge in [-0.1, -0.05) is 18.2 Å². The first-order valence-electron chi connectivity index (χ1n) is 8.55. The van der Waals surface area contributed by atoms with Crippen LogP contribution in [0.1, 0.15) is 19.4 Å². The number of carbonyl (C=O) groups is 2. The minimum Gasteiger partial charge on any atom is -0.482 e. The van der Waals surface area contributed by atoms with Crippen LogP contribution >= 0.6 is 0 Å². The highest BCUT2D eigenvalue weighted by atomic mass is 19.1. The number of halogens is 1. The number of fused-ring (bicyclic) bond motifs is 1. The highest BCUT2D eigenvalue weighted by molar-refractivity contribution is 5.95. The summed E-state index contributed by atoms with van der Waals surface area (Å²) in [6.07, 6.45) is -2.66. The van der Waals surface area contributed by atoms with Crippen LogP contribution < -0.4 is 14.8 Å². The molecule has 1 amide bonds. The lowest BCUT2D eigenvalue weighted by molar-refractivity contribution is -0.165. The Morgan fingerprint density at radius 1 is 1.15 bits per heavy atom. The molecule has 142 valence electrons. The molecule has 3 unspecified atom stereocenters. The molecular formula is C20H20FNO5. The number of benzene rings is 2. The van der Waals surface area contributed by atoms with Crippen LogP contribution in [-0.4, -0.2) is 30.2 Å². The summed E-state index contributed by atoms with van der Waals surface area (Å²) >= 11 is 0. The first-order chi connectivity index (χ1) is 12.8. The van der Waals surface area contributed by atoms with Gasteiger partial charge in [-0.2, -0.15) is 0 Å². The predicted octanol–water partition coefficient (Wildman–Crippen LogP) is 3.23. The van der Waals surface area contributed by atoms with E-state index in [9.17, 15) is 14.0 Å². The van der Waals surface area contributed by atoms with Crippen LogP contribution in [0, 0.1) is 12.7 Å². The molecular weight excluding hydrogens is 353 g/mol. The molecule has 0 saturated carbocycles. The average Bonchev–Trinajstić information content (AvgIpc) is 2.64. The van der Waals surface area contributed by atoms with E-state index < -0.39 is 36.0 Å². The Bertz CT molecular complexity index is 869. The molecule has 3 atom stereocenters. The predicted molar refractivity (Wildman–Crippen MR) is 96.3 cm³/mol. The molecule has 0 fully saturated rings. The van der Waals surface area contributed by atoms with Crippen LogP contribution in [0.5, 0.6) is 11.5 Å². The van der Waals surface area contributed by atoms with Gasteiger partial charge in [-0.3, -0.25) is 4.79 Å². The summed E-state index contributed by atoms with van der Waals surface area (Å²) in [5.41, 5.74) is 0.752. The van der Waals surface area contributed by atoms with E-state index in [-0.39, 0.29) is 5.69 Å². The van der Waals surface area contributed by atoms with Crippen molar-refractivity contribution in [2.24, 2.45) is 0 Å². The molecule has 0 aliphatic carbocycles. The lowest BCUT2D eigenvalue weighted by atomic mass is 10.2. The topological polar surface area (TPSA) is 73.9 Å². The van der Waals surface area contributed by atoms with Crippen LogP contribution in [0.2, 0.25) is 0 Å². The number of para-hydroxylation sites is 2. The summed E-state index contributed by atoms with van der Waals surface area (Å²) in [5.74, 6) is -0.741. The Balaban J connectivity index is 1.61.